The molecule has 10 heteroatoms. The molecule has 7 nitrogen and oxygen atoms in total. The molecule has 1 aromatic carbocycles. The fraction of sp³-hybridized carbons (Fsp3) is 0.263. The average molecular weight is 435 g/mol. The lowest BCUT2D eigenvalue weighted by atomic mass is 10.1. The first kappa shape index (κ1) is 19.7. The van der Waals surface area contributed by atoms with Crippen molar-refractivity contribution in [3.8, 4) is 5.69 Å². The molecule has 4 rings (SSSR count). The van der Waals surface area contributed by atoms with Crippen LogP contribution < -0.4 is 5.32 Å². The summed E-state index contributed by atoms with van der Waals surface area (Å²) in [5, 5.41) is 4.44. The van der Waals surface area contributed by atoms with Gasteiger partial charge in [-0.25, -0.2) is 17.8 Å². The number of nitrogens with zero attached hydrogens (tertiary/aromatic N) is 3. The number of carbonyl (C=O) groups excluding carboxylic acids is 1. The fourth-order valence-electron chi connectivity index (χ4n) is 3.39. The van der Waals surface area contributed by atoms with E-state index in [0.29, 0.717) is 30.6 Å². The molecular formula is C19H19FN4O3S2. The molecule has 0 unspecified atom stereocenters. The summed E-state index contributed by atoms with van der Waals surface area (Å²) in [6, 6.07) is 7.14. The molecule has 1 fully saturated rings. The van der Waals surface area contributed by atoms with Crippen molar-refractivity contribution in [3.63, 3.8) is 0 Å². The van der Waals surface area contributed by atoms with Crippen LogP contribution in [0.2, 0.25) is 0 Å². The third kappa shape index (κ3) is 3.96. The molecule has 0 aliphatic carbocycles. The number of sulfonamides is 1. The maximum absolute atomic E-state index is 14.4. The highest BCUT2D eigenvalue weighted by Crippen LogP contribution is 2.28. The van der Waals surface area contributed by atoms with Crippen molar-refractivity contribution in [2.45, 2.75) is 29.6 Å². The number of halogens is 1. The Morgan fingerprint density at radius 2 is 2.21 bits per heavy atom. The van der Waals surface area contributed by atoms with E-state index in [2.05, 4.69) is 10.3 Å². The van der Waals surface area contributed by atoms with E-state index >= 15 is 0 Å². The summed E-state index contributed by atoms with van der Waals surface area (Å²) in [6.45, 7) is 0.426. The van der Waals surface area contributed by atoms with Gasteiger partial charge in [-0.1, -0.05) is 12.1 Å². The molecule has 0 spiro atoms. The maximum Gasteiger partial charge on any atom is 0.253 e. The summed E-state index contributed by atoms with van der Waals surface area (Å²) in [5.41, 5.74) is 0.951. The highest BCUT2D eigenvalue weighted by Gasteiger charge is 2.39. The molecule has 1 N–H and O–H groups in total. The van der Waals surface area contributed by atoms with Gasteiger partial charge in [0, 0.05) is 25.5 Å². The van der Waals surface area contributed by atoms with Crippen LogP contribution in [-0.2, 0) is 21.4 Å². The van der Waals surface area contributed by atoms with Crippen LogP contribution in [0.4, 0.5) is 4.39 Å². The number of rotatable bonds is 6. The topological polar surface area (TPSA) is 84.3 Å². The number of hydrogen-bond acceptors (Lipinski definition) is 5. The van der Waals surface area contributed by atoms with Crippen molar-refractivity contribution in [2.75, 3.05) is 6.54 Å². The van der Waals surface area contributed by atoms with Crippen LogP contribution >= 0.6 is 11.3 Å². The van der Waals surface area contributed by atoms with E-state index in [1.807, 2.05) is 0 Å². The normalized spacial score (nSPS) is 17.5. The van der Waals surface area contributed by atoms with E-state index < -0.39 is 21.9 Å². The van der Waals surface area contributed by atoms with Gasteiger partial charge in [-0.2, -0.15) is 4.31 Å². The highest BCUT2D eigenvalue weighted by atomic mass is 32.2. The Hall–Kier alpha value is -2.56. The molecule has 1 amide bonds. The molecule has 0 radical (unpaired) electrons. The maximum atomic E-state index is 14.4. The molecule has 1 aliphatic heterocycles. The standard InChI is InChI=1S/C19H19FN4O3S2/c20-15-11-14(5-6-16(15)23-9-7-21-13-23)12-22-19(25)17-3-1-8-24(17)29(26,27)18-4-2-10-28-18/h2,4-7,9-11,13,17H,1,3,8,12H2,(H,22,25)/t17-/m1/s1. The molecule has 0 saturated carbocycles. The van der Waals surface area contributed by atoms with Crippen molar-refractivity contribution in [1.82, 2.24) is 19.2 Å². The Bertz CT molecular complexity index is 1100. The minimum absolute atomic E-state index is 0.114. The Morgan fingerprint density at radius 3 is 2.90 bits per heavy atom. The third-order valence-corrected chi connectivity index (χ3v) is 8.11. The van der Waals surface area contributed by atoms with Crippen LogP contribution in [-0.4, -0.2) is 40.8 Å². The Labute approximate surface area is 171 Å². The number of carbonyl (C=O) groups is 1. The van der Waals surface area contributed by atoms with Gasteiger partial charge in [-0.3, -0.25) is 4.79 Å². The molecule has 29 heavy (non-hydrogen) atoms. The van der Waals surface area contributed by atoms with Gasteiger partial charge in [0.05, 0.1) is 12.0 Å². The van der Waals surface area contributed by atoms with E-state index in [9.17, 15) is 17.6 Å². The summed E-state index contributed by atoms with van der Waals surface area (Å²) in [5.74, 6) is -0.806. The van der Waals surface area contributed by atoms with Gasteiger partial charge >= 0.3 is 0 Å². The van der Waals surface area contributed by atoms with E-state index in [4.69, 9.17) is 0 Å². The molecule has 1 saturated heterocycles. The van der Waals surface area contributed by atoms with Gasteiger partial charge < -0.3 is 9.88 Å². The van der Waals surface area contributed by atoms with Crippen LogP contribution in [0.5, 0.6) is 0 Å². The predicted molar refractivity (Wildman–Crippen MR) is 107 cm³/mol. The lowest BCUT2D eigenvalue weighted by molar-refractivity contribution is -0.124. The predicted octanol–water partition coefficient (Wildman–Crippen LogP) is 2.54. The van der Waals surface area contributed by atoms with E-state index in [-0.39, 0.29) is 16.7 Å². The van der Waals surface area contributed by atoms with Crippen LogP contribution in [0.1, 0.15) is 18.4 Å². The van der Waals surface area contributed by atoms with Crippen molar-refractivity contribution in [1.29, 1.82) is 0 Å². The second-order valence-electron chi connectivity index (χ2n) is 6.68. The summed E-state index contributed by atoms with van der Waals surface area (Å²) >= 11 is 1.13. The zero-order valence-electron chi connectivity index (χ0n) is 15.4. The monoisotopic (exact) mass is 434 g/mol. The Balaban J connectivity index is 1.44. The van der Waals surface area contributed by atoms with Crippen LogP contribution in [0.25, 0.3) is 5.69 Å². The third-order valence-electron chi connectivity index (χ3n) is 4.83. The first-order chi connectivity index (χ1) is 14.0. The molecule has 3 heterocycles. The summed E-state index contributed by atoms with van der Waals surface area (Å²) < 4.78 is 43.0. The minimum Gasteiger partial charge on any atom is -0.351 e. The van der Waals surface area contributed by atoms with Gasteiger partial charge in [0.25, 0.3) is 10.0 Å². The molecule has 1 aliphatic rings. The lowest BCUT2D eigenvalue weighted by Crippen LogP contribution is -2.45. The minimum atomic E-state index is -3.69. The lowest BCUT2D eigenvalue weighted by Gasteiger charge is -2.22. The van der Waals surface area contributed by atoms with E-state index in [0.717, 1.165) is 11.3 Å². The summed E-state index contributed by atoms with van der Waals surface area (Å²) in [4.78, 5) is 16.6. The number of aromatic nitrogens is 2. The quantitative estimate of drug-likeness (QED) is 0.646. The Kier molecular flexibility index (Phi) is 5.48. The summed E-state index contributed by atoms with van der Waals surface area (Å²) in [6.07, 6.45) is 5.79. The number of benzene rings is 1. The van der Waals surface area contributed by atoms with Crippen molar-refractivity contribution >= 4 is 27.3 Å². The Morgan fingerprint density at radius 1 is 1.34 bits per heavy atom. The van der Waals surface area contributed by atoms with E-state index in [1.54, 1.807) is 40.5 Å². The van der Waals surface area contributed by atoms with Gasteiger partial charge in [0.1, 0.15) is 16.1 Å². The SMILES string of the molecule is O=C(NCc1ccc(-n2ccnc2)c(F)c1)[C@H]1CCCN1S(=O)(=O)c1cccs1. The van der Waals surface area contributed by atoms with Gasteiger partial charge in [-0.15, -0.1) is 11.3 Å². The molecular weight excluding hydrogens is 415 g/mol. The number of nitrogens with one attached hydrogen (secondary N) is 1. The second-order valence-corrected chi connectivity index (χ2v) is 9.74. The first-order valence-corrected chi connectivity index (χ1v) is 11.4. The van der Waals surface area contributed by atoms with Gasteiger partial charge in [0.15, 0.2) is 0 Å². The molecule has 3 aromatic rings. The largest absolute Gasteiger partial charge is 0.351 e. The van der Waals surface area contributed by atoms with Crippen molar-refractivity contribution < 1.29 is 17.6 Å². The average Bonchev–Trinajstić information content (AvgIpc) is 3.48. The summed E-state index contributed by atoms with van der Waals surface area (Å²) in [7, 11) is -3.69. The molecule has 2 aromatic heterocycles. The fourth-order valence-corrected chi connectivity index (χ4v) is 6.17. The zero-order valence-corrected chi connectivity index (χ0v) is 17.0. The van der Waals surface area contributed by atoms with Crippen LogP contribution in [0, 0.1) is 5.82 Å². The van der Waals surface area contributed by atoms with E-state index in [1.165, 1.54) is 22.8 Å². The molecule has 1 atom stereocenters. The molecule has 0 bridgehead atoms. The number of amides is 1. The first-order valence-electron chi connectivity index (χ1n) is 9.06. The van der Waals surface area contributed by atoms with Gasteiger partial charge in [-0.05, 0) is 42.0 Å². The zero-order chi connectivity index (χ0) is 20.4. The molecule has 152 valence electrons. The highest BCUT2D eigenvalue weighted by molar-refractivity contribution is 7.91. The van der Waals surface area contributed by atoms with Crippen molar-refractivity contribution in [3.05, 3.63) is 65.8 Å². The second kappa shape index (κ2) is 8.05. The van der Waals surface area contributed by atoms with Crippen LogP contribution in [0.3, 0.4) is 0 Å². The van der Waals surface area contributed by atoms with Crippen LogP contribution in [0.15, 0.2) is 58.6 Å². The number of hydrogen-bond donors (Lipinski definition) is 1. The van der Waals surface area contributed by atoms with Crippen molar-refractivity contribution in [2.24, 2.45) is 0 Å². The smallest absolute Gasteiger partial charge is 0.253 e. The number of imidazole rings is 1. The van der Waals surface area contributed by atoms with Gasteiger partial charge in [0.2, 0.25) is 5.91 Å². The number of thiophene rings is 1.